The van der Waals surface area contributed by atoms with E-state index < -0.39 is 0 Å². The Morgan fingerprint density at radius 3 is 2.07 bits per heavy atom. The van der Waals surface area contributed by atoms with Gasteiger partial charge in [-0.3, -0.25) is 0 Å². The van der Waals surface area contributed by atoms with Gasteiger partial charge < -0.3 is 4.74 Å². The van der Waals surface area contributed by atoms with E-state index in [4.69, 9.17) is 4.74 Å². The Morgan fingerprint density at radius 2 is 1.53 bits per heavy atom. The Labute approximate surface area is 109 Å². The maximum atomic E-state index is 5.44. The van der Waals surface area contributed by atoms with Crippen molar-refractivity contribution >= 4 is 22.6 Å². The van der Waals surface area contributed by atoms with E-state index in [1.165, 1.54) is 51.4 Å². The van der Waals surface area contributed by atoms with Crippen LogP contribution in [-0.4, -0.2) is 17.1 Å². The molecule has 0 rings (SSSR count). The molecule has 0 aliphatic rings. The minimum Gasteiger partial charge on any atom is -0.381 e. The summed E-state index contributed by atoms with van der Waals surface area (Å²) in [6, 6.07) is 0. The molecule has 0 aromatic heterocycles. The SMILES string of the molecule is CCCC(I)CCCCC(CCC)OC. The molecule has 0 spiro atoms. The fraction of sp³-hybridized carbons (Fsp3) is 1.00. The van der Waals surface area contributed by atoms with Crippen LogP contribution < -0.4 is 0 Å². The lowest BCUT2D eigenvalue weighted by Gasteiger charge is -2.14. The smallest absolute Gasteiger partial charge is 0.0571 e. The lowest BCUT2D eigenvalue weighted by molar-refractivity contribution is 0.0850. The zero-order chi connectivity index (χ0) is 11.5. The van der Waals surface area contributed by atoms with Crippen LogP contribution in [0.5, 0.6) is 0 Å². The van der Waals surface area contributed by atoms with E-state index >= 15 is 0 Å². The molecule has 15 heavy (non-hydrogen) atoms. The number of rotatable bonds is 10. The Kier molecular flexibility index (Phi) is 11.7. The average Bonchev–Trinajstić information content (AvgIpc) is 2.23. The monoisotopic (exact) mass is 326 g/mol. The van der Waals surface area contributed by atoms with Crippen molar-refractivity contribution in [2.45, 2.75) is 75.2 Å². The van der Waals surface area contributed by atoms with Crippen LogP contribution >= 0.6 is 22.6 Å². The summed E-state index contributed by atoms with van der Waals surface area (Å²) in [5.41, 5.74) is 0. The maximum Gasteiger partial charge on any atom is 0.0571 e. The lowest BCUT2D eigenvalue weighted by Crippen LogP contribution is -2.10. The lowest BCUT2D eigenvalue weighted by atomic mass is 10.0. The van der Waals surface area contributed by atoms with E-state index in [1.807, 2.05) is 7.11 Å². The first kappa shape index (κ1) is 15.7. The van der Waals surface area contributed by atoms with E-state index in [0.29, 0.717) is 6.10 Å². The van der Waals surface area contributed by atoms with Gasteiger partial charge in [0.05, 0.1) is 6.10 Å². The predicted octanol–water partition coefficient (Wildman–Crippen LogP) is 4.97. The second kappa shape index (κ2) is 11.2. The Balaban J connectivity index is 3.35. The molecule has 0 saturated heterocycles. The van der Waals surface area contributed by atoms with Gasteiger partial charge in [0.1, 0.15) is 0 Å². The number of unbranched alkanes of at least 4 members (excludes halogenated alkanes) is 1. The standard InChI is InChI=1S/C13H27IO/c1-4-8-12(14)10-6-7-11-13(15-3)9-5-2/h12-13H,4-11H2,1-3H3. The molecule has 0 radical (unpaired) electrons. The quantitative estimate of drug-likeness (QED) is 0.313. The number of halogens is 1. The third kappa shape index (κ3) is 9.61. The molecule has 92 valence electrons. The van der Waals surface area contributed by atoms with Crippen LogP contribution in [0.25, 0.3) is 0 Å². The molecule has 0 aliphatic carbocycles. The van der Waals surface area contributed by atoms with Gasteiger partial charge in [-0.15, -0.1) is 0 Å². The highest BCUT2D eigenvalue weighted by atomic mass is 127. The van der Waals surface area contributed by atoms with Crippen LogP contribution in [0, 0.1) is 0 Å². The number of hydrogen-bond donors (Lipinski definition) is 0. The molecule has 0 aliphatic heterocycles. The summed E-state index contributed by atoms with van der Waals surface area (Å²) in [6.45, 7) is 4.50. The molecule has 1 nitrogen and oxygen atoms in total. The van der Waals surface area contributed by atoms with Gasteiger partial charge in [0.15, 0.2) is 0 Å². The summed E-state index contributed by atoms with van der Waals surface area (Å²) in [5, 5.41) is 0. The minimum atomic E-state index is 0.508. The van der Waals surface area contributed by atoms with Gasteiger partial charge >= 0.3 is 0 Å². The highest BCUT2D eigenvalue weighted by molar-refractivity contribution is 14.1. The number of hydrogen-bond acceptors (Lipinski definition) is 1. The Morgan fingerprint density at radius 1 is 0.933 bits per heavy atom. The molecule has 0 saturated carbocycles. The van der Waals surface area contributed by atoms with Crippen LogP contribution in [0.2, 0.25) is 0 Å². The number of alkyl halides is 1. The first-order valence-corrected chi connectivity index (χ1v) is 7.66. The Hall–Kier alpha value is 0.690. The first-order valence-electron chi connectivity index (χ1n) is 6.41. The fourth-order valence-electron chi connectivity index (χ4n) is 1.90. The molecule has 2 atom stereocenters. The van der Waals surface area contributed by atoms with Crippen molar-refractivity contribution in [1.29, 1.82) is 0 Å². The predicted molar refractivity (Wildman–Crippen MR) is 76.9 cm³/mol. The van der Waals surface area contributed by atoms with E-state index in [1.54, 1.807) is 0 Å². The van der Waals surface area contributed by atoms with Crippen molar-refractivity contribution in [3.8, 4) is 0 Å². The molecule has 0 bridgehead atoms. The molecule has 2 unspecified atom stereocenters. The van der Waals surface area contributed by atoms with Crippen molar-refractivity contribution in [2.75, 3.05) is 7.11 Å². The zero-order valence-electron chi connectivity index (χ0n) is 10.6. The van der Waals surface area contributed by atoms with Gasteiger partial charge in [-0.25, -0.2) is 0 Å². The van der Waals surface area contributed by atoms with Crippen molar-refractivity contribution < 1.29 is 4.74 Å². The van der Waals surface area contributed by atoms with E-state index in [9.17, 15) is 0 Å². The topological polar surface area (TPSA) is 9.23 Å². The van der Waals surface area contributed by atoms with Gasteiger partial charge in [0.25, 0.3) is 0 Å². The summed E-state index contributed by atoms with van der Waals surface area (Å²) < 4.78 is 6.33. The number of ether oxygens (including phenoxy) is 1. The van der Waals surface area contributed by atoms with Crippen molar-refractivity contribution in [1.82, 2.24) is 0 Å². The molecule has 2 heteroatoms. The second-order valence-electron chi connectivity index (χ2n) is 4.32. The van der Waals surface area contributed by atoms with Gasteiger partial charge in [0, 0.05) is 11.0 Å². The van der Waals surface area contributed by atoms with Crippen LogP contribution in [0.3, 0.4) is 0 Å². The van der Waals surface area contributed by atoms with Gasteiger partial charge in [-0.2, -0.15) is 0 Å². The van der Waals surface area contributed by atoms with E-state index in [0.717, 1.165) is 3.92 Å². The van der Waals surface area contributed by atoms with Crippen LogP contribution in [-0.2, 0) is 4.74 Å². The molecule has 0 fully saturated rings. The van der Waals surface area contributed by atoms with Gasteiger partial charge in [0.2, 0.25) is 0 Å². The summed E-state index contributed by atoms with van der Waals surface area (Å²) in [4.78, 5) is 0. The molecule has 0 N–H and O–H groups in total. The van der Waals surface area contributed by atoms with E-state index in [2.05, 4.69) is 36.4 Å². The van der Waals surface area contributed by atoms with Crippen molar-refractivity contribution in [3.63, 3.8) is 0 Å². The summed E-state index contributed by atoms with van der Waals surface area (Å²) in [6.07, 6.45) is 11.0. The summed E-state index contributed by atoms with van der Waals surface area (Å²) in [7, 11) is 1.85. The third-order valence-corrected chi connectivity index (χ3v) is 4.08. The molecule has 0 amide bonds. The first-order chi connectivity index (χ1) is 7.24. The zero-order valence-corrected chi connectivity index (χ0v) is 12.8. The third-order valence-electron chi connectivity index (χ3n) is 2.84. The van der Waals surface area contributed by atoms with E-state index in [-0.39, 0.29) is 0 Å². The molecular formula is C13H27IO. The Bertz CT molecular complexity index is 128. The van der Waals surface area contributed by atoms with Crippen LogP contribution in [0.4, 0.5) is 0 Å². The fourth-order valence-corrected chi connectivity index (χ4v) is 2.96. The van der Waals surface area contributed by atoms with Gasteiger partial charge in [-0.05, 0) is 25.7 Å². The molecule has 0 aromatic rings. The summed E-state index contributed by atoms with van der Waals surface area (Å²) >= 11 is 2.59. The van der Waals surface area contributed by atoms with Crippen molar-refractivity contribution in [3.05, 3.63) is 0 Å². The van der Waals surface area contributed by atoms with Crippen LogP contribution in [0.15, 0.2) is 0 Å². The van der Waals surface area contributed by atoms with Crippen molar-refractivity contribution in [2.24, 2.45) is 0 Å². The second-order valence-corrected chi connectivity index (χ2v) is 6.08. The minimum absolute atomic E-state index is 0.508. The largest absolute Gasteiger partial charge is 0.381 e. The molecule has 0 heterocycles. The van der Waals surface area contributed by atoms with Gasteiger partial charge in [-0.1, -0.05) is 62.1 Å². The highest BCUT2D eigenvalue weighted by Gasteiger charge is 2.06. The highest BCUT2D eigenvalue weighted by Crippen LogP contribution is 2.18. The molecular weight excluding hydrogens is 299 g/mol. The normalized spacial score (nSPS) is 15.2. The van der Waals surface area contributed by atoms with Crippen LogP contribution in [0.1, 0.15) is 65.2 Å². The molecule has 0 aromatic carbocycles. The maximum absolute atomic E-state index is 5.44. The average molecular weight is 326 g/mol. The summed E-state index contributed by atoms with van der Waals surface area (Å²) in [5.74, 6) is 0. The number of methoxy groups -OCH3 is 1.